The van der Waals surface area contributed by atoms with E-state index in [1.165, 1.54) is 23.5 Å². The number of nitrogens with two attached hydrogens (primary N) is 1. The molecule has 0 aliphatic heterocycles. The maximum atomic E-state index is 12.7. The number of alkyl halides is 3. The van der Waals surface area contributed by atoms with Crippen LogP contribution in [-0.2, 0) is 12.6 Å². The first kappa shape index (κ1) is 23.6. The van der Waals surface area contributed by atoms with E-state index < -0.39 is 17.5 Å². The van der Waals surface area contributed by atoms with Crippen molar-refractivity contribution >= 4 is 27.6 Å². The number of fused-ring (bicyclic) bond motifs is 1. The highest BCUT2D eigenvalue weighted by Crippen LogP contribution is 2.34. The highest BCUT2D eigenvalue weighted by atomic mass is 32.1. The number of nitrogens with zero attached hydrogens (tertiary/aromatic N) is 1. The molecule has 4 aromatic rings. The first-order valence-electron chi connectivity index (χ1n) is 10.1. The SMILES string of the molecule is N[C@@H](CNc1nc(C#CCO)c(-c2ccc3[nH]c(=O)oc3c2)s1)Cc1ccc(C(F)(F)F)cc1. The van der Waals surface area contributed by atoms with Crippen LogP contribution < -0.4 is 16.8 Å². The predicted molar refractivity (Wildman–Crippen MR) is 124 cm³/mol. The molecule has 0 aliphatic rings. The minimum atomic E-state index is -4.38. The fourth-order valence-electron chi connectivity index (χ4n) is 3.31. The second kappa shape index (κ2) is 9.72. The molecule has 0 fully saturated rings. The van der Waals surface area contributed by atoms with E-state index in [1.54, 1.807) is 18.2 Å². The molecule has 0 spiro atoms. The summed E-state index contributed by atoms with van der Waals surface area (Å²) in [6.45, 7) is -0.00395. The topological polar surface area (TPSA) is 117 Å². The van der Waals surface area contributed by atoms with Crippen LogP contribution in [0.5, 0.6) is 0 Å². The average Bonchev–Trinajstić information content (AvgIpc) is 3.37. The zero-order valence-corrected chi connectivity index (χ0v) is 18.4. The summed E-state index contributed by atoms with van der Waals surface area (Å²) < 4.78 is 43.3. The lowest BCUT2D eigenvalue weighted by atomic mass is 10.0. The van der Waals surface area contributed by atoms with Crippen molar-refractivity contribution in [1.82, 2.24) is 9.97 Å². The van der Waals surface area contributed by atoms with E-state index in [-0.39, 0.29) is 12.6 Å². The third-order valence-electron chi connectivity index (χ3n) is 4.89. The zero-order chi connectivity index (χ0) is 24.3. The normalized spacial score (nSPS) is 12.4. The number of anilines is 1. The first-order valence-corrected chi connectivity index (χ1v) is 10.9. The minimum Gasteiger partial charge on any atom is -0.408 e. The number of nitrogens with one attached hydrogen (secondary N) is 2. The Kier molecular flexibility index (Phi) is 6.74. The van der Waals surface area contributed by atoms with Crippen LogP contribution in [0.3, 0.4) is 0 Å². The van der Waals surface area contributed by atoms with Gasteiger partial charge in [0, 0.05) is 12.6 Å². The van der Waals surface area contributed by atoms with E-state index in [2.05, 4.69) is 27.1 Å². The molecular formula is C23H19F3N4O3S. The molecule has 0 aliphatic carbocycles. The van der Waals surface area contributed by atoms with Gasteiger partial charge in [-0.15, -0.1) is 0 Å². The average molecular weight is 488 g/mol. The number of thiazole rings is 1. The number of oxazole rings is 1. The second-order valence-electron chi connectivity index (χ2n) is 7.42. The lowest BCUT2D eigenvalue weighted by molar-refractivity contribution is -0.137. The number of rotatable bonds is 6. The minimum absolute atomic E-state index is 0.326. The Morgan fingerprint density at radius 2 is 2.00 bits per heavy atom. The molecule has 0 amide bonds. The van der Waals surface area contributed by atoms with Gasteiger partial charge in [0.15, 0.2) is 10.7 Å². The number of aromatic nitrogens is 2. The molecule has 2 aromatic heterocycles. The summed E-state index contributed by atoms with van der Waals surface area (Å²) in [6, 6.07) is 9.75. The van der Waals surface area contributed by atoms with Crippen molar-refractivity contribution in [3.8, 4) is 22.3 Å². The standard InChI is InChI=1S/C23H19F3N4O3S/c24-23(25,26)15-6-3-13(4-7-15)10-16(27)12-28-21-29-18(2-1-9-31)20(34-21)14-5-8-17-19(11-14)33-22(32)30-17/h3-8,11,16,31H,9-10,12,27H2,(H,28,29)(H,30,32)/t16-/m1/s1. The quantitative estimate of drug-likeness (QED) is 0.308. The third kappa shape index (κ3) is 5.48. The Bertz CT molecular complexity index is 1410. The van der Waals surface area contributed by atoms with E-state index >= 15 is 0 Å². The Labute approximate surface area is 195 Å². The molecule has 1 atom stereocenters. The Balaban J connectivity index is 1.48. The molecule has 4 rings (SSSR count). The number of halogens is 3. The van der Waals surface area contributed by atoms with Crippen LogP contribution in [0, 0.1) is 11.8 Å². The fourth-order valence-corrected chi connectivity index (χ4v) is 4.23. The fraction of sp³-hybridized carbons (Fsp3) is 0.217. The maximum Gasteiger partial charge on any atom is 0.417 e. The molecule has 34 heavy (non-hydrogen) atoms. The molecule has 5 N–H and O–H groups in total. The first-order chi connectivity index (χ1) is 16.2. The van der Waals surface area contributed by atoms with E-state index in [1.807, 2.05) is 0 Å². The molecule has 7 nitrogen and oxygen atoms in total. The monoisotopic (exact) mass is 488 g/mol. The van der Waals surface area contributed by atoms with Gasteiger partial charge >= 0.3 is 11.9 Å². The van der Waals surface area contributed by atoms with Gasteiger partial charge in [-0.25, -0.2) is 9.78 Å². The Morgan fingerprint density at radius 1 is 1.24 bits per heavy atom. The van der Waals surface area contributed by atoms with Gasteiger partial charge in [0.2, 0.25) is 0 Å². The van der Waals surface area contributed by atoms with Crippen molar-refractivity contribution in [2.24, 2.45) is 5.73 Å². The van der Waals surface area contributed by atoms with Gasteiger partial charge in [-0.05, 0) is 47.7 Å². The smallest absolute Gasteiger partial charge is 0.408 e. The van der Waals surface area contributed by atoms with Gasteiger partial charge in [0.1, 0.15) is 12.3 Å². The number of aliphatic hydroxyl groups is 1. The van der Waals surface area contributed by atoms with Crippen molar-refractivity contribution in [2.75, 3.05) is 18.5 Å². The largest absolute Gasteiger partial charge is 0.417 e. The highest BCUT2D eigenvalue weighted by Gasteiger charge is 2.30. The number of benzene rings is 2. The molecule has 0 saturated carbocycles. The molecular weight excluding hydrogens is 469 g/mol. The van der Waals surface area contributed by atoms with Crippen molar-refractivity contribution < 1.29 is 22.7 Å². The summed E-state index contributed by atoms with van der Waals surface area (Å²) in [4.78, 5) is 19.2. The molecule has 11 heteroatoms. The van der Waals surface area contributed by atoms with Gasteiger partial charge in [0.05, 0.1) is 16.0 Å². The summed E-state index contributed by atoms with van der Waals surface area (Å²) in [7, 11) is 0. The lowest BCUT2D eigenvalue weighted by Gasteiger charge is -2.13. The van der Waals surface area contributed by atoms with Gasteiger partial charge in [-0.3, -0.25) is 4.98 Å². The van der Waals surface area contributed by atoms with Crippen molar-refractivity contribution in [1.29, 1.82) is 0 Å². The van der Waals surface area contributed by atoms with Gasteiger partial charge in [0.25, 0.3) is 0 Å². The summed E-state index contributed by atoms with van der Waals surface area (Å²) >= 11 is 1.31. The summed E-state index contributed by atoms with van der Waals surface area (Å²) in [5.41, 5.74) is 8.28. The number of hydrogen-bond donors (Lipinski definition) is 4. The summed E-state index contributed by atoms with van der Waals surface area (Å²) in [5, 5.41) is 12.8. The van der Waals surface area contributed by atoms with Crippen LogP contribution in [0.4, 0.5) is 18.3 Å². The van der Waals surface area contributed by atoms with Crippen LogP contribution >= 0.6 is 11.3 Å². The van der Waals surface area contributed by atoms with Crippen LogP contribution in [-0.4, -0.2) is 34.3 Å². The molecule has 0 unspecified atom stereocenters. The molecule has 176 valence electrons. The number of aliphatic hydroxyl groups excluding tert-OH is 1. The molecule has 0 bridgehead atoms. The second-order valence-corrected chi connectivity index (χ2v) is 8.42. The molecule has 0 saturated heterocycles. The maximum absolute atomic E-state index is 12.7. The van der Waals surface area contributed by atoms with E-state index in [0.717, 1.165) is 17.7 Å². The van der Waals surface area contributed by atoms with Crippen LogP contribution in [0.25, 0.3) is 21.5 Å². The van der Waals surface area contributed by atoms with Crippen molar-refractivity contribution in [3.63, 3.8) is 0 Å². The zero-order valence-electron chi connectivity index (χ0n) is 17.6. The van der Waals surface area contributed by atoms with Crippen LogP contribution in [0.1, 0.15) is 16.8 Å². The van der Waals surface area contributed by atoms with Crippen molar-refractivity contribution in [3.05, 3.63) is 69.8 Å². The van der Waals surface area contributed by atoms with Gasteiger partial charge in [-0.2, -0.15) is 13.2 Å². The number of H-pyrrole nitrogens is 1. The number of aromatic amines is 1. The van der Waals surface area contributed by atoms with Crippen molar-refractivity contribution in [2.45, 2.75) is 18.6 Å². The van der Waals surface area contributed by atoms with Gasteiger partial charge < -0.3 is 20.6 Å². The number of hydrogen-bond acceptors (Lipinski definition) is 7. The predicted octanol–water partition coefficient (Wildman–Crippen LogP) is 3.59. The van der Waals surface area contributed by atoms with Crippen LogP contribution in [0.2, 0.25) is 0 Å². The Morgan fingerprint density at radius 3 is 2.71 bits per heavy atom. The van der Waals surface area contributed by atoms with Gasteiger partial charge in [-0.1, -0.05) is 35.5 Å². The van der Waals surface area contributed by atoms with E-state index in [0.29, 0.717) is 45.3 Å². The molecule has 2 heterocycles. The molecule has 0 radical (unpaired) electrons. The third-order valence-corrected chi connectivity index (χ3v) is 5.95. The van der Waals surface area contributed by atoms with E-state index in [9.17, 15) is 18.0 Å². The highest BCUT2D eigenvalue weighted by molar-refractivity contribution is 7.19. The molecule has 2 aromatic carbocycles. The lowest BCUT2D eigenvalue weighted by Crippen LogP contribution is -2.31. The van der Waals surface area contributed by atoms with Crippen LogP contribution in [0.15, 0.2) is 51.7 Å². The summed E-state index contributed by atoms with van der Waals surface area (Å²) in [5.74, 6) is 4.84. The Hall–Kier alpha value is -3.59. The summed E-state index contributed by atoms with van der Waals surface area (Å²) in [6.07, 6.45) is -4.00. The van der Waals surface area contributed by atoms with E-state index in [4.69, 9.17) is 15.3 Å².